The van der Waals surface area contributed by atoms with Crippen molar-refractivity contribution >= 4 is 29.1 Å². The zero-order valence-electron chi connectivity index (χ0n) is 17.4. The quantitative estimate of drug-likeness (QED) is 0.504. The molecule has 0 aromatic carbocycles. The molecule has 0 unspecified atom stereocenters. The summed E-state index contributed by atoms with van der Waals surface area (Å²) in [4.78, 5) is 18.4. The van der Waals surface area contributed by atoms with Gasteiger partial charge in [-0.05, 0) is 49.3 Å². The molecular formula is C23H20N4O3S2. The first-order chi connectivity index (χ1) is 15.6. The first-order valence-electron chi connectivity index (χ1n) is 10.1. The summed E-state index contributed by atoms with van der Waals surface area (Å²) < 4.78 is 11.1. The van der Waals surface area contributed by atoms with Crippen LogP contribution < -0.4 is 5.73 Å². The molecule has 162 valence electrons. The summed E-state index contributed by atoms with van der Waals surface area (Å²) >= 11 is 2.74. The Morgan fingerprint density at radius 1 is 1.41 bits per heavy atom. The lowest BCUT2D eigenvalue weighted by Gasteiger charge is -2.27. The Morgan fingerprint density at radius 2 is 2.25 bits per heavy atom. The van der Waals surface area contributed by atoms with Crippen molar-refractivity contribution in [1.82, 2.24) is 4.98 Å². The lowest BCUT2D eigenvalue weighted by atomic mass is 9.87. The molecule has 3 heterocycles. The zero-order valence-corrected chi connectivity index (χ0v) is 19.0. The van der Waals surface area contributed by atoms with Gasteiger partial charge in [-0.25, -0.2) is 9.78 Å². The fourth-order valence-corrected chi connectivity index (χ4v) is 5.64. The molecule has 0 fully saturated rings. The van der Waals surface area contributed by atoms with Crippen molar-refractivity contribution in [2.24, 2.45) is 5.73 Å². The van der Waals surface area contributed by atoms with Crippen LogP contribution in [0.3, 0.4) is 0 Å². The third kappa shape index (κ3) is 4.10. The Kier molecular flexibility index (Phi) is 6.50. The second-order valence-corrected chi connectivity index (χ2v) is 9.14. The molecule has 0 radical (unpaired) electrons. The summed E-state index contributed by atoms with van der Waals surface area (Å²) in [7, 11) is 0. The smallest absolute Gasteiger partial charge is 0.338 e. The number of nitriles is 2. The van der Waals surface area contributed by atoms with E-state index in [-0.39, 0.29) is 29.4 Å². The van der Waals surface area contributed by atoms with Gasteiger partial charge in [-0.15, -0.1) is 11.3 Å². The Hall–Kier alpha value is -3.27. The first kappa shape index (κ1) is 21.9. The van der Waals surface area contributed by atoms with Crippen LogP contribution in [-0.4, -0.2) is 23.3 Å². The summed E-state index contributed by atoms with van der Waals surface area (Å²) in [5.41, 5.74) is 9.16. The van der Waals surface area contributed by atoms with E-state index < -0.39 is 11.9 Å². The second kappa shape index (κ2) is 9.47. The van der Waals surface area contributed by atoms with Gasteiger partial charge in [-0.2, -0.15) is 10.5 Å². The van der Waals surface area contributed by atoms with Gasteiger partial charge < -0.3 is 15.2 Å². The zero-order chi connectivity index (χ0) is 22.7. The molecule has 9 heteroatoms. The molecule has 2 aromatic rings. The molecule has 0 amide bonds. The Labute approximate surface area is 194 Å². The minimum atomic E-state index is -0.660. The highest BCUT2D eigenvalue weighted by Crippen LogP contribution is 2.42. The maximum atomic E-state index is 13.0. The summed E-state index contributed by atoms with van der Waals surface area (Å²) in [5.74, 6) is -0.710. The van der Waals surface area contributed by atoms with Crippen LogP contribution in [-0.2, 0) is 27.1 Å². The Balaban J connectivity index is 1.73. The van der Waals surface area contributed by atoms with Gasteiger partial charge in [0.1, 0.15) is 28.5 Å². The summed E-state index contributed by atoms with van der Waals surface area (Å²) in [5, 5.41) is 21.8. The van der Waals surface area contributed by atoms with Crippen LogP contribution in [0.1, 0.15) is 41.0 Å². The number of nitrogens with zero attached hydrogens (tertiary/aromatic N) is 3. The summed E-state index contributed by atoms with van der Waals surface area (Å²) in [6.07, 6.45) is 2.86. The van der Waals surface area contributed by atoms with Crippen LogP contribution in [0.4, 0.5) is 0 Å². The fraction of sp³-hybridized carbons (Fsp3) is 0.304. The fourth-order valence-electron chi connectivity index (χ4n) is 3.87. The third-order valence-electron chi connectivity index (χ3n) is 5.30. The largest absolute Gasteiger partial charge is 0.463 e. The SMILES string of the molecule is CCOC(=O)C1=C(CSc2nc3c(cc2C#N)CCC3)OC(N)=C(C#N)[C@H]1c1cccs1. The molecule has 2 N–H and O–H groups in total. The molecular weight excluding hydrogens is 444 g/mol. The number of allylic oxidation sites excluding steroid dienone is 1. The minimum absolute atomic E-state index is 0.0306. The lowest BCUT2D eigenvalue weighted by molar-refractivity contribution is -0.139. The highest BCUT2D eigenvalue weighted by atomic mass is 32.2. The van der Waals surface area contributed by atoms with E-state index in [9.17, 15) is 15.3 Å². The second-order valence-electron chi connectivity index (χ2n) is 7.20. The number of hydrogen-bond donors (Lipinski definition) is 1. The number of hydrogen-bond acceptors (Lipinski definition) is 9. The topological polar surface area (TPSA) is 122 Å². The maximum absolute atomic E-state index is 13.0. The molecule has 0 saturated heterocycles. The van der Waals surface area contributed by atoms with Crippen molar-refractivity contribution in [1.29, 1.82) is 10.5 Å². The van der Waals surface area contributed by atoms with Crippen molar-refractivity contribution in [3.63, 3.8) is 0 Å². The number of pyridine rings is 1. The number of carbonyl (C=O) groups excluding carboxylic acids is 1. The van der Waals surface area contributed by atoms with Crippen LogP contribution in [0.2, 0.25) is 0 Å². The van der Waals surface area contributed by atoms with Gasteiger partial charge in [0.25, 0.3) is 0 Å². The van der Waals surface area contributed by atoms with Crippen LogP contribution in [0.25, 0.3) is 0 Å². The first-order valence-corrected chi connectivity index (χ1v) is 12.0. The van der Waals surface area contributed by atoms with E-state index in [1.807, 2.05) is 23.6 Å². The predicted octanol–water partition coefficient (Wildman–Crippen LogP) is 3.92. The van der Waals surface area contributed by atoms with Crippen LogP contribution >= 0.6 is 23.1 Å². The molecule has 2 aromatic heterocycles. The highest BCUT2D eigenvalue weighted by molar-refractivity contribution is 7.99. The molecule has 1 atom stereocenters. The lowest BCUT2D eigenvalue weighted by Crippen LogP contribution is -2.26. The number of aryl methyl sites for hydroxylation is 2. The minimum Gasteiger partial charge on any atom is -0.463 e. The Bertz CT molecular complexity index is 1200. The predicted molar refractivity (Wildman–Crippen MR) is 120 cm³/mol. The van der Waals surface area contributed by atoms with E-state index in [4.69, 9.17) is 15.2 Å². The number of fused-ring (bicyclic) bond motifs is 1. The maximum Gasteiger partial charge on any atom is 0.338 e. The number of thiophene rings is 1. The molecule has 2 aliphatic rings. The van der Waals surface area contributed by atoms with E-state index in [2.05, 4.69) is 17.1 Å². The van der Waals surface area contributed by atoms with Crippen molar-refractivity contribution in [2.75, 3.05) is 12.4 Å². The van der Waals surface area contributed by atoms with Crippen molar-refractivity contribution in [2.45, 2.75) is 37.1 Å². The molecule has 1 aliphatic heterocycles. The van der Waals surface area contributed by atoms with Crippen molar-refractivity contribution < 1.29 is 14.3 Å². The Morgan fingerprint density at radius 3 is 2.94 bits per heavy atom. The molecule has 0 spiro atoms. The number of esters is 1. The third-order valence-corrected chi connectivity index (χ3v) is 7.22. The average Bonchev–Trinajstić information content (AvgIpc) is 3.48. The summed E-state index contributed by atoms with van der Waals surface area (Å²) in [6.45, 7) is 1.91. The van der Waals surface area contributed by atoms with E-state index in [0.29, 0.717) is 16.3 Å². The molecule has 0 bridgehead atoms. The normalized spacial score (nSPS) is 17.4. The van der Waals surface area contributed by atoms with E-state index in [1.165, 1.54) is 23.1 Å². The molecule has 0 saturated carbocycles. The standard InChI is InChI=1S/C23H20N4O3S2/c1-2-29-23(28)20-17(30-21(26)15(11-25)19(20)18-7-4-8-31-18)12-32-22-14(10-24)9-13-5-3-6-16(13)27-22/h4,7-9,19H,2-3,5-6,12,26H2,1H3/t19-/m0/s1. The average molecular weight is 465 g/mol. The monoisotopic (exact) mass is 464 g/mol. The highest BCUT2D eigenvalue weighted by Gasteiger charge is 2.38. The van der Waals surface area contributed by atoms with Crippen LogP contribution in [0, 0.1) is 22.7 Å². The van der Waals surface area contributed by atoms with Gasteiger partial charge in [0, 0.05) is 10.6 Å². The van der Waals surface area contributed by atoms with Crippen molar-refractivity contribution in [3.8, 4) is 12.1 Å². The van der Waals surface area contributed by atoms with Gasteiger partial charge in [0.15, 0.2) is 0 Å². The molecule has 1 aliphatic carbocycles. The number of carbonyl (C=O) groups is 1. The number of aromatic nitrogens is 1. The van der Waals surface area contributed by atoms with Gasteiger partial charge in [-0.3, -0.25) is 0 Å². The van der Waals surface area contributed by atoms with Crippen molar-refractivity contribution in [3.05, 3.63) is 68.1 Å². The van der Waals surface area contributed by atoms with Crippen LogP contribution in [0.5, 0.6) is 0 Å². The number of thioether (sulfide) groups is 1. The number of rotatable bonds is 6. The molecule has 32 heavy (non-hydrogen) atoms. The van der Waals surface area contributed by atoms with Crippen LogP contribution in [0.15, 0.2) is 51.4 Å². The number of nitrogens with two attached hydrogens (primary N) is 1. The van der Waals surface area contributed by atoms with Gasteiger partial charge in [-0.1, -0.05) is 17.8 Å². The summed E-state index contributed by atoms with van der Waals surface area (Å²) in [6, 6.07) is 9.91. The van der Waals surface area contributed by atoms with E-state index >= 15 is 0 Å². The number of ether oxygens (including phenoxy) is 2. The molecule has 7 nitrogen and oxygen atoms in total. The van der Waals surface area contributed by atoms with E-state index in [0.717, 1.165) is 35.4 Å². The van der Waals surface area contributed by atoms with Gasteiger partial charge in [0.05, 0.1) is 29.4 Å². The van der Waals surface area contributed by atoms with E-state index in [1.54, 1.807) is 6.92 Å². The van der Waals surface area contributed by atoms with Gasteiger partial charge >= 0.3 is 5.97 Å². The molecule has 4 rings (SSSR count). The van der Waals surface area contributed by atoms with Gasteiger partial charge in [0.2, 0.25) is 5.88 Å².